The molecule has 0 bridgehead atoms. The van der Waals surface area contributed by atoms with Gasteiger partial charge >= 0.3 is 12.2 Å². The molecule has 45 heavy (non-hydrogen) atoms. The van der Waals surface area contributed by atoms with Crippen molar-refractivity contribution in [2.45, 2.75) is 25.8 Å². The Balaban J connectivity index is 1.23. The van der Waals surface area contributed by atoms with Crippen LogP contribution in [0.2, 0.25) is 0 Å². The fraction of sp³-hybridized carbons (Fsp3) is 0.114. The molecule has 0 fully saturated rings. The van der Waals surface area contributed by atoms with Gasteiger partial charge in [0.1, 0.15) is 5.82 Å². The molecule has 0 atom stereocenters. The number of nitrogens with one attached hydrogen (secondary N) is 2. The molecular formula is C35H28F4N4O2. The van der Waals surface area contributed by atoms with Crippen molar-refractivity contribution in [2.24, 2.45) is 0 Å². The maximum atomic E-state index is 13.2. The number of alkyl halides is 3. The largest absolute Gasteiger partial charge is 0.416 e. The van der Waals surface area contributed by atoms with E-state index in [0.717, 1.165) is 39.9 Å². The molecule has 3 amide bonds. The number of hydrogen-bond donors (Lipinski definition) is 2. The van der Waals surface area contributed by atoms with E-state index in [1.165, 1.54) is 36.4 Å². The van der Waals surface area contributed by atoms with Crippen LogP contribution in [0.1, 0.15) is 32.6 Å². The first kappa shape index (κ1) is 30.9. The fourth-order valence-corrected chi connectivity index (χ4v) is 4.58. The highest BCUT2D eigenvalue weighted by molar-refractivity contribution is 5.94. The van der Waals surface area contributed by atoms with Gasteiger partial charge in [0.15, 0.2) is 0 Å². The molecule has 0 saturated heterocycles. The number of benzene rings is 4. The fourth-order valence-electron chi connectivity index (χ4n) is 4.58. The van der Waals surface area contributed by atoms with Gasteiger partial charge in [-0.25, -0.2) is 9.18 Å². The van der Waals surface area contributed by atoms with Gasteiger partial charge in [-0.2, -0.15) is 13.2 Å². The minimum absolute atomic E-state index is 0.237. The maximum absolute atomic E-state index is 13.2. The average Bonchev–Trinajstić information content (AvgIpc) is 3.04. The van der Waals surface area contributed by atoms with E-state index >= 15 is 0 Å². The molecule has 5 aromatic rings. The second-order valence-corrected chi connectivity index (χ2v) is 10.3. The predicted molar refractivity (Wildman–Crippen MR) is 163 cm³/mol. The summed E-state index contributed by atoms with van der Waals surface area (Å²) in [4.78, 5) is 31.2. The molecule has 0 unspecified atom stereocenters. The van der Waals surface area contributed by atoms with Gasteiger partial charge in [0.05, 0.1) is 5.56 Å². The van der Waals surface area contributed by atoms with Crippen LogP contribution in [0.4, 0.5) is 28.0 Å². The molecule has 5 rings (SSSR count). The van der Waals surface area contributed by atoms with E-state index in [1.807, 2.05) is 54.6 Å². The second-order valence-electron chi connectivity index (χ2n) is 10.3. The van der Waals surface area contributed by atoms with Gasteiger partial charge in [0, 0.05) is 43.3 Å². The molecule has 0 aliphatic heterocycles. The lowest BCUT2D eigenvalue weighted by Gasteiger charge is -2.23. The molecule has 0 radical (unpaired) electrons. The zero-order valence-corrected chi connectivity index (χ0v) is 23.9. The van der Waals surface area contributed by atoms with Crippen molar-refractivity contribution in [3.8, 4) is 11.1 Å². The lowest BCUT2D eigenvalue weighted by atomic mass is 10.0. The Morgan fingerprint density at radius 1 is 0.711 bits per heavy atom. The summed E-state index contributed by atoms with van der Waals surface area (Å²) in [5.41, 5.74) is 4.29. The quantitative estimate of drug-likeness (QED) is 0.165. The van der Waals surface area contributed by atoms with Crippen LogP contribution in [0.25, 0.3) is 11.1 Å². The lowest BCUT2D eigenvalue weighted by Crippen LogP contribution is -2.34. The molecule has 4 aromatic carbocycles. The van der Waals surface area contributed by atoms with Gasteiger partial charge < -0.3 is 15.5 Å². The number of pyridine rings is 1. The van der Waals surface area contributed by atoms with Crippen LogP contribution in [0, 0.1) is 5.82 Å². The second kappa shape index (κ2) is 13.9. The molecule has 0 saturated carbocycles. The van der Waals surface area contributed by atoms with Crippen molar-refractivity contribution in [2.75, 3.05) is 5.32 Å². The number of rotatable bonds is 9. The summed E-state index contributed by atoms with van der Waals surface area (Å²) in [5, 5.41) is 5.51. The van der Waals surface area contributed by atoms with E-state index in [-0.39, 0.29) is 24.7 Å². The van der Waals surface area contributed by atoms with Gasteiger partial charge in [-0.3, -0.25) is 9.78 Å². The van der Waals surface area contributed by atoms with Gasteiger partial charge in [-0.1, -0.05) is 54.6 Å². The number of nitrogens with zero attached hydrogens (tertiary/aromatic N) is 2. The molecule has 0 aliphatic carbocycles. The summed E-state index contributed by atoms with van der Waals surface area (Å²) < 4.78 is 51.9. The number of carbonyl (C=O) groups excluding carboxylic acids is 2. The van der Waals surface area contributed by atoms with E-state index in [9.17, 15) is 27.2 Å². The number of aromatic nitrogens is 1. The van der Waals surface area contributed by atoms with E-state index in [2.05, 4.69) is 15.6 Å². The van der Waals surface area contributed by atoms with Crippen LogP contribution in [0.5, 0.6) is 0 Å². The third-order valence-corrected chi connectivity index (χ3v) is 7.02. The van der Waals surface area contributed by atoms with Crippen molar-refractivity contribution in [3.63, 3.8) is 0 Å². The maximum Gasteiger partial charge on any atom is 0.416 e. The van der Waals surface area contributed by atoms with E-state index in [4.69, 9.17) is 0 Å². The first-order valence-corrected chi connectivity index (χ1v) is 14.0. The molecule has 10 heteroatoms. The first-order chi connectivity index (χ1) is 21.6. The van der Waals surface area contributed by atoms with Crippen LogP contribution < -0.4 is 10.6 Å². The van der Waals surface area contributed by atoms with Crippen LogP contribution in [0.15, 0.2) is 122 Å². The number of halogens is 4. The monoisotopic (exact) mass is 612 g/mol. The van der Waals surface area contributed by atoms with Crippen molar-refractivity contribution < 1.29 is 27.2 Å². The third kappa shape index (κ3) is 8.54. The third-order valence-electron chi connectivity index (χ3n) is 7.02. The highest BCUT2D eigenvalue weighted by Crippen LogP contribution is 2.30. The molecule has 2 N–H and O–H groups in total. The predicted octanol–water partition coefficient (Wildman–Crippen LogP) is 8.07. The number of hydrogen-bond acceptors (Lipinski definition) is 3. The topological polar surface area (TPSA) is 74.3 Å². The standard InChI is InChI=1S/C35H28F4N4O2/c36-31-15-11-29(12-16-31)33(44)41-21-24-3-7-27(8-4-24)28-9-5-25(6-10-28)22-43(23-26-2-1-19-40-20-26)34(45)42-32-17-13-30(14-18-32)35(37,38)39/h1-20H,21-23H2,(H,41,44)(H,42,45). The lowest BCUT2D eigenvalue weighted by molar-refractivity contribution is -0.137. The zero-order chi connectivity index (χ0) is 31.8. The van der Waals surface area contributed by atoms with Crippen LogP contribution in [-0.4, -0.2) is 21.8 Å². The number of urea groups is 1. The van der Waals surface area contributed by atoms with E-state index < -0.39 is 23.6 Å². The minimum Gasteiger partial charge on any atom is -0.348 e. The molecule has 6 nitrogen and oxygen atoms in total. The molecule has 228 valence electrons. The Hall–Kier alpha value is -5.51. The van der Waals surface area contributed by atoms with Gasteiger partial charge in [0.25, 0.3) is 5.91 Å². The molecule has 0 spiro atoms. The molecule has 1 aromatic heterocycles. The molecule has 0 aliphatic rings. The van der Waals surface area contributed by atoms with E-state index in [1.54, 1.807) is 23.4 Å². The summed E-state index contributed by atoms with van der Waals surface area (Å²) in [7, 11) is 0. The Labute approximate surface area is 257 Å². The van der Waals surface area contributed by atoms with Crippen molar-refractivity contribution in [1.29, 1.82) is 0 Å². The average molecular weight is 613 g/mol. The SMILES string of the molecule is O=C(NCc1ccc(-c2ccc(CN(Cc3cccnc3)C(=O)Nc3ccc(C(F)(F)F)cc3)cc2)cc1)c1ccc(F)cc1. The zero-order valence-electron chi connectivity index (χ0n) is 23.9. The summed E-state index contributed by atoms with van der Waals surface area (Å²) >= 11 is 0. The van der Waals surface area contributed by atoms with Gasteiger partial charge in [0.2, 0.25) is 0 Å². The number of carbonyl (C=O) groups is 2. The molecule has 1 heterocycles. The Kier molecular flexibility index (Phi) is 9.52. The van der Waals surface area contributed by atoms with Crippen molar-refractivity contribution >= 4 is 17.6 Å². The normalized spacial score (nSPS) is 11.1. The summed E-state index contributed by atoms with van der Waals surface area (Å²) in [5.74, 6) is -0.695. The van der Waals surface area contributed by atoms with Crippen LogP contribution in [0.3, 0.4) is 0 Å². The Bertz CT molecular complexity index is 1730. The highest BCUT2D eigenvalue weighted by atomic mass is 19.4. The van der Waals surface area contributed by atoms with Gasteiger partial charge in [-0.15, -0.1) is 0 Å². The van der Waals surface area contributed by atoms with Gasteiger partial charge in [-0.05, 0) is 82.4 Å². The van der Waals surface area contributed by atoms with Crippen molar-refractivity contribution in [1.82, 2.24) is 15.2 Å². The summed E-state index contributed by atoms with van der Waals surface area (Å²) in [6.07, 6.45) is -1.18. The highest BCUT2D eigenvalue weighted by Gasteiger charge is 2.30. The summed E-state index contributed by atoms with van der Waals surface area (Å²) in [6, 6.07) is 28.2. The Morgan fingerprint density at radius 3 is 1.89 bits per heavy atom. The van der Waals surface area contributed by atoms with Crippen LogP contribution >= 0.6 is 0 Å². The van der Waals surface area contributed by atoms with Crippen molar-refractivity contribution in [3.05, 3.63) is 155 Å². The smallest absolute Gasteiger partial charge is 0.348 e. The summed E-state index contributed by atoms with van der Waals surface area (Å²) in [6.45, 7) is 0.798. The van der Waals surface area contributed by atoms with E-state index in [0.29, 0.717) is 12.1 Å². The number of anilines is 1. The number of amides is 3. The minimum atomic E-state index is -4.47. The first-order valence-electron chi connectivity index (χ1n) is 14.0. The van der Waals surface area contributed by atoms with Crippen LogP contribution in [-0.2, 0) is 25.8 Å². The Morgan fingerprint density at radius 2 is 1.31 bits per heavy atom. The molecular weight excluding hydrogens is 584 g/mol.